The second kappa shape index (κ2) is 13.9. The van der Waals surface area contributed by atoms with Crippen LogP contribution in [0.5, 0.6) is 17.2 Å². The van der Waals surface area contributed by atoms with Crippen LogP contribution in [0.15, 0.2) is 75.7 Å². The van der Waals surface area contributed by atoms with E-state index in [9.17, 15) is 9.59 Å². The van der Waals surface area contributed by atoms with E-state index >= 15 is 0 Å². The average Bonchev–Trinajstić information content (AvgIpc) is 3.34. The van der Waals surface area contributed by atoms with Gasteiger partial charge in [0.15, 0.2) is 16.3 Å². The summed E-state index contributed by atoms with van der Waals surface area (Å²) in [5.41, 5.74) is 1.79. The maximum absolute atomic E-state index is 14.4. The molecule has 0 radical (unpaired) electrons. The average molecular weight is 617 g/mol. The van der Waals surface area contributed by atoms with Gasteiger partial charge in [-0.1, -0.05) is 60.7 Å². The molecule has 1 aliphatic heterocycles. The lowest BCUT2D eigenvalue weighted by Gasteiger charge is -2.27. The molecule has 1 aromatic heterocycles. The first-order valence-corrected chi connectivity index (χ1v) is 15.4. The number of fused-ring (bicyclic) bond motifs is 2. The number of benzene rings is 3. The fraction of sp³-hybridized carbons (Fsp3) is 0.324. The fourth-order valence-electron chi connectivity index (χ4n) is 5.27. The summed E-state index contributed by atoms with van der Waals surface area (Å²) in [7, 11) is 3.09. The van der Waals surface area contributed by atoms with Crippen molar-refractivity contribution >= 4 is 34.2 Å². The lowest BCUT2D eigenvalue weighted by Crippen LogP contribution is -2.40. The number of methoxy groups -OCH3 is 2. The Morgan fingerprint density at radius 3 is 2.55 bits per heavy atom. The van der Waals surface area contributed by atoms with Crippen molar-refractivity contribution in [2.75, 3.05) is 40.6 Å². The van der Waals surface area contributed by atoms with Gasteiger partial charge in [-0.15, -0.1) is 0 Å². The van der Waals surface area contributed by atoms with E-state index < -0.39 is 12.0 Å². The molecule has 10 heteroatoms. The van der Waals surface area contributed by atoms with Crippen molar-refractivity contribution in [2.24, 2.45) is 4.99 Å². The number of rotatable bonds is 12. The summed E-state index contributed by atoms with van der Waals surface area (Å²) in [6.45, 7) is 6.86. The van der Waals surface area contributed by atoms with Gasteiger partial charge in [0, 0.05) is 18.2 Å². The van der Waals surface area contributed by atoms with Crippen molar-refractivity contribution in [3.63, 3.8) is 0 Å². The minimum absolute atomic E-state index is 0.0568. The zero-order valence-corrected chi connectivity index (χ0v) is 26.4. The third-order valence-corrected chi connectivity index (χ3v) is 8.23. The first-order chi connectivity index (χ1) is 21.4. The molecular weight excluding hydrogens is 580 g/mol. The highest BCUT2D eigenvalue weighted by Crippen LogP contribution is 2.41. The summed E-state index contributed by atoms with van der Waals surface area (Å²) in [5, 5.41) is 2.00. The Bertz CT molecular complexity index is 1890. The highest BCUT2D eigenvalue weighted by atomic mass is 32.1. The van der Waals surface area contributed by atoms with Gasteiger partial charge in [0.05, 0.1) is 42.7 Å². The van der Waals surface area contributed by atoms with Gasteiger partial charge in [0.2, 0.25) is 0 Å². The van der Waals surface area contributed by atoms with Crippen molar-refractivity contribution in [3.8, 4) is 17.2 Å². The predicted molar refractivity (Wildman–Crippen MR) is 170 cm³/mol. The first-order valence-electron chi connectivity index (χ1n) is 14.6. The molecule has 1 aliphatic rings. The summed E-state index contributed by atoms with van der Waals surface area (Å²) in [6, 6.07) is 16.5. The molecule has 0 N–H and O–H groups in total. The quantitative estimate of drug-likeness (QED) is 0.167. The number of ether oxygens (including phenoxy) is 5. The highest BCUT2D eigenvalue weighted by molar-refractivity contribution is 7.07. The van der Waals surface area contributed by atoms with Gasteiger partial charge in [-0.3, -0.25) is 9.36 Å². The second-order valence-electron chi connectivity index (χ2n) is 10.1. The molecule has 0 amide bonds. The number of aromatic nitrogens is 1. The normalized spacial score (nSPS) is 14.8. The molecule has 1 atom stereocenters. The largest absolute Gasteiger partial charge is 0.493 e. The Morgan fingerprint density at radius 2 is 1.80 bits per heavy atom. The van der Waals surface area contributed by atoms with E-state index in [1.165, 1.54) is 18.4 Å². The molecule has 5 rings (SSSR count). The number of hydrogen-bond donors (Lipinski definition) is 0. The summed E-state index contributed by atoms with van der Waals surface area (Å²) < 4.78 is 30.4. The molecule has 230 valence electrons. The van der Waals surface area contributed by atoms with Crippen molar-refractivity contribution < 1.29 is 28.5 Å². The Hall–Kier alpha value is -4.41. The zero-order chi connectivity index (χ0) is 31.2. The number of thiazole rings is 1. The van der Waals surface area contributed by atoms with Gasteiger partial charge in [-0.05, 0) is 49.2 Å². The van der Waals surface area contributed by atoms with Crippen LogP contribution in [0.1, 0.15) is 44.4 Å². The van der Waals surface area contributed by atoms with Crippen LogP contribution in [0, 0.1) is 0 Å². The van der Waals surface area contributed by atoms with Crippen LogP contribution in [0.3, 0.4) is 0 Å². The minimum Gasteiger partial charge on any atom is -0.493 e. The summed E-state index contributed by atoms with van der Waals surface area (Å²) in [4.78, 5) is 33.2. The SMILES string of the molecule is CCCOc1ccc2ccccc2c1/C=c1/sc2n(c1=O)[C@H](c1cccc(OC)c1OCC)C(C(=O)OCCOC)=C(C)N=2. The second-order valence-corrected chi connectivity index (χ2v) is 11.1. The molecule has 2 heterocycles. The van der Waals surface area contributed by atoms with Crippen LogP contribution in [-0.4, -0.2) is 51.2 Å². The lowest BCUT2D eigenvalue weighted by atomic mass is 9.94. The number of nitrogens with zero attached hydrogens (tertiary/aromatic N) is 2. The van der Waals surface area contributed by atoms with E-state index in [0.29, 0.717) is 51.1 Å². The molecule has 0 aliphatic carbocycles. The van der Waals surface area contributed by atoms with Crippen LogP contribution in [0.25, 0.3) is 16.8 Å². The number of esters is 1. The monoisotopic (exact) mass is 616 g/mol. The standard InChI is InChI=1S/C34H36N2O7S/c1-6-17-42-26-16-15-22-11-8-9-12-23(22)25(26)20-28-32(37)36-30(24-13-10-14-27(40-5)31(24)41-7-2)29(21(3)35-34(36)44-28)33(38)43-19-18-39-4/h8-16,20,30H,6-7,17-19H2,1-5H3/b28-20+/t30-/m1/s1. The van der Waals surface area contributed by atoms with Crippen LogP contribution in [-0.2, 0) is 14.3 Å². The van der Waals surface area contributed by atoms with Crippen molar-refractivity contribution in [3.05, 3.63) is 96.7 Å². The molecule has 9 nitrogen and oxygen atoms in total. The lowest BCUT2D eigenvalue weighted by molar-refractivity contribution is -0.140. The Kier molecular flexibility index (Phi) is 9.82. The van der Waals surface area contributed by atoms with Crippen LogP contribution in [0.2, 0.25) is 0 Å². The number of carbonyl (C=O) groups is 1. The van der Waals surface area contributed by atoms with Gasteiger partial charge >= 0.3 is 5.97 Å². The van der Waals surface area contributed by atoms with Crippen LogP contribution >= 0.6 is 11.3 Å². The van der Waals surface area contributed by atoms with Crippen LogP contribution < -0.4 is 29.1 Å². The molecule has 4 aromatic rings. The molecule has 0 unspecified atom stereocenters. The molecule has 0 saturated heterocycles. The fourth-order valence-corrected chi connectivity index (χ4v) is 6.30. The van der Waals surface area contributed by atoms with E-state index in [4.69, 9.17) is 28.7 Å². The maximum atomic E-state index is 14.4. The number of carbonyl (C=O) groups excluding carboxylic acids is 1. The van der Waals surface area contributed by atoms with Crippen LogP contribution in [0.4, 0.5) is 0 Å². The molecule has 44 heavy (non-hydrogen) atoms. The zero-order valence-electron chi connectivity index (χ0n) is 25.5. The smallest absolute Gasteiger partial charge is 0.338 e. The van der Waals surface area contributed by atoms with E-state index in [1.807, 2.05) is 68.5 Å². The van der Waals surface area contributed by atoms with Gasteiger partial charge in [0.25, 0.3) is 5.56 Å². The number of para-hydroxylation sites is 1. The molecule has 3 aromatic carbocycles. The molecule has 0 saturated carbocycles. The highest BCUT2D eigenvalue weighted by Gasteiger charge is 2.36. The van der Waals surface area contributed by atoms with Crippen molar-refractivity contribution in [1.29, 1.82) is 0 Å². The van der Waals surface area contributed by atoms with E-state index in [-0.39, 0.29) is 24.3 Å². The maximum Gasteiger partial charge on any atom is 0.338 e. The molecule has 0 spiro atoms. The minimum atomic E-state index is -0.872. The van der Waals surface area contributed by atoms with Gasteiger partial charge < -0.3 is 23.7 Å². The summed E-state index contributed by atoms with van der Waals surface area (Å²) in [6.07, 6.45) is 2.71. The number of allylic oxidation sites excluding steroid dienone is 1. The topological polar surface area (TPSA) is 97.6 Å². The Labute approximate surface area is 259 Å². The van der Waals surface area contributed by atoms with Crippen molar-refractivity contribution in [1.82, 2.24) is 4.57 Å². The molecule has 0 bridgehead atoms. The number of hydrogen-bond acceptors (Lipinski definition) is 9. The van der Waals surface area contributed by atoms with Gasteiger partial charge in [-0.25, -0.2) is 9.79 Å². The predicted octanol–water partition coefficient (Wildman–Crippen LogP) is 4.77. The summed E-state index contributed by atoms with van der Waals surface area (Å²) in [5.74, 6) is 1.04. The van der Waals surface area contributed by atoms with E-state index in [1.54, 1.807) is 24.7 Å². The summed E-state index contributed by atoms with van der Waals surface area (Å²) >= 11 is 1.26. The van der Waals surface area contributed by atoms with Gasteiger partial charge in [0.1, 0.15) is 18.4 Å². The van der Waals surface area contributed by atoms with Crippen molar-refractivity contribution in [2.45, 2.75) is 33.2 Å². The van der Waals surface area contributed by atoms with Gasteiger partial charge in [-0.2, -0.15) is 0 Å². The first kappa shape index (κ1) is 31.0. The third-order valence-electron chi connectivity index (χ3n) is 7.24. The molecular formula is C34H36N2O7S. The van der Waals surface area contributed by atoms with E-state index in [2.05, 4.69) is 0 Å². The Morgan fingerprint density at radius 1 is 0.977 bits per heavy atom. The molecule has 0 fully saturated rings. The van der Waals surface area contributed by atoms with E-state index in [0.717, 1.165) is 22.8 Å². The Balaban J connectivity index is 1.77. The third kappa shape index (κ3) is 6.00.